The molecular weight excluding hydrogens is 370 g/mol. The zero-order valence-corrected chi connectivity index (χ0v) is 19.1. The van der Waals surface area contributed by atoms with Crippen molar-refractivity contribution < 1.29 is 9.53 Å². The second-order valence-electron chi connectivity index (χ2n) is 8.30. The Morgan fingerprint density at radius 3 is 2.13 bits per heavy atom. The Bertz CT molecular complexity index is 769. The number of amides is 1. The van der Waals surface area contributed by atoms with E-state index < -0.39 is 6.09 Å². The van der Waals surface area contributed by atoms with Crippen molar-refractivity contribution in [3.8, 4) is 5.75 Å². The van der Waals surface area contributed by atoms with Gasteiger partial charge in [-0.05, 0) is 55.5 Å². The first-order valence-electron chi connectivity index (χ1n) is 11.7. The zero-order valence-electron chi connectivity index (χ0n) is 19.1. The third kappa shape index (κ3) is 8.61. The normalized spacial score (nSPS) is 10.8. The number of nitrogens with one attached hydrogen (secondary N) is 1. The Morgan fingerprint density at radius 1 is 0.800 bits per heavy atom. The molecule has 3 nitrogen and oxygen atoms in total. The van der Waals surface area contributed by atoms with Gasteiger partial charge < -0.3 is 4.74 Å². The molecule has 0 heterocycles. The number of carbonyl (C=O) groups excluding carboxylic acids is 1. The van der Waals surface area contributed by atoms with Crippen LogP contribution in [0.1, 0.15) is 87.8 Å². The number of carbonyl (C=O) groups is 1. The third-order valence-electron chi connectivity index (χ3n) is 5.82. The van der Waals surface area contributed by atoms with Crippen molar-refractivity contribution in [2.75, 3.05) is 5.32 Å². The number of aryl methyl sites for hydroxylation is 2. The maximum atomic E-state index is 12.4. The van der Waals surface area contributed by atoms with Crippen molar-refractivity contribution in [2.45, 2.75) is 91.4 Å². The lowest BCUT2D eigenvalue weighted by Gasteiger charge is -2.13. The summed E-state index contributed by atoms with van der Waals surface area (Å²) < 4.78 is 5.64. The second-order valence-corrected chi connectivity index (χ2v) is 8.30. The van der Waals surface area contributed by atoms with Crippen LogP contribution in [0.15, 0.2) is 42.5 Å². The van der Waals surface area contributed by atoms with Gasteiger partial charge >= 0.3 is 6.09 Å². The standard InChI is InChI=1S/C27H39NO2/c1-4-5-6-7-8-9-10-11-12-13-18-24-19-14-15-21-26(24)30-27(29)28-25-20-16-17-22(2)23(25)3/h14-17,19-21H,4-13,18H2,1-3H3,(H,28,29). The number of hydrogen-bond acceptors (Lipinski definition) is 2. The molecule has 2 rings (SSSR count). The van der Waals surface area contributed by atoms with Gasteiger partial charge in [-0.1, -0.05) is 95.0 Å². The molecule has 0 atom stereocenters. The van der Waals surface area contributed by atoms with E-state index in [4.69, 9.17) is 4.74 Å². The molecule has 0 aliphatic rings. The molecule has 2 aromatic carbocycles. The number of benzene rings is 2. The van der Waals surface area contributed by atoms with Gasteiger partial charge in [0.1, 0.15) is 5.75 Å². The summed E-state index contributed by atoms with van der Waals surface area (Å²) in [6.07, 6.45) is 13.7. The molecule has 2 aromatic rings. The summed E-state index contributed by atoms with van der Waals surface area (Å²) in [7, 11) is 0. The number of anilines is 1. The topological polar surface area (TPSA) is 38.3 Å². The summed E-state index contributed by atoms with van der Waals surface area (Å²) in [6, 6.07) is 13.8. The minimum atomic E-state index is -0.431. The SMILES string of the molecule is CCCCCCCCCCCCc1ccccc1OC(=O)Nc1cccc(C)c1C. The molecule has 0 saturated heterocycles. The fourth-order valence-electron chi connectivity index (χ4n) is 3.73. The van der Waals surface area contributed by atoms with Gasteiger partial charge in [-0.15, -0.1) is 0 Å². The lowest BCUT2D eigenvalue weighted by atomic mass is 10.0. The average molecular weight is 410 g/mol. The van der Waals surface area contributed by atoms with Crippen LogP contribution in [0.4, 0.5) is 10.5 Å². The fourth-order valence-corrected chi connectivity index (χ4v) is 3.73. The van der Waals surface area contributed by atoms with Crippen molar-refractivity contribution in [1.82, 2.24) is 0 Å². The minimum Gasteiger partial charge on any atom is -0.410 e. The second kappa shape index (κ2) is 13.8. The van der Waals surface area contributed by atoms with Crippen LogP contribution in [0.25, 0.3) is 0 Å². The molecule has 3 heteroatoms. The van der Waals surface area contributed by atoms with E-state index in [0.29, 0.717) is 5.75 Å². The molecule has 30 heavy (non-hydrogen) atoms. The maximum Gasteiger partial charge on any atom is 0.417 e. The molecule has 0 radical (unpaired) electrons. The Morgan fingerprint density at radius 2 is 1.43 bits per heavy atom. The van der Waals surface area contributed by atoms with E-state index in [1.807, 2.05) is 50.2 Å². The Kier molecular flexibility index (Phi) is 11.1. The molecule has 0 saturated carbocycles. The number of unbranched alkanes of at least 4 members (excludes halogenated alkanes) is 9. The summed E-state index contributed by atoms with van der Waals surface area (Å²) >= 11 is 0. The smallest absolute Gasteiger partial charge is 0.410 e. The van der Waals surface area contributed by atoms with Gasteiger partial charge in [-0.2, -0.15) is 0 Å². The molecule has 0 spiro atoms. The first-order chi connectivity index (χ1) is 14.6. The summed E-state index contributed by atoms with van der Waals surface area (Å²) in [5, 5.41) is 2.87. The Labute approximate surface area is 183 Å². The third-order valence-corrected chi connectivity index (χ3v) is 5.82. The lowest BCUT2D eigenvalue weighted by molar-refractivity contribution is 0.214. The van der Waals surface area contributed by atoms with Crippen LogP contribution < -0.4 is 10.1 Å². The monoisotopic (exact) mass is 409 g/mol. The zero-order chi connectivity index (χ0) is 21.6. The van der Waals surface area contributed by atoms with E-state index in [0.717, 1.165) is 35.2 Å². The van der Waals surface area contributed by atoms with Crippen LogP contribution in [0.5, 0.6) is 5.75 Å². The molecule has 1 amide bonds. The molecule has 1 N–H and O–H groups in total. The predicted octanol–water partition coefficient (Wildman–Crippen LogP) is 8.38. The number of rotatable bonds is 13. The first-order valence-corrected chi connectivity index (χ1v) is 11.7. The minimum absolute atomic E-state index is 0.431. The van der Waals surface area contributed by atoms with Crippen molar-refractivity contribution in [3.05, 3.63) is 59.2 Å². The highest BCUT2D eigenvalue weighted by Gasteiger charge is 2.11. The molecule has 0 aromatic heterocycles. The number of ether oxygens (including phenoxy) is 1. The van der Waals surface area contributed by atoms with Crippen molar-refractivity contribution in [1.29, 1.82) is 0 Å². The number of para-hydroxylation sites is 1. The van der Waals surface area contributed by atoms with Crippen LogP contribution in [0.2, 0.25) is 0 Å². The average Bonchev–Trinajstić information content (AvgIpc) is 2.74. The molecule has 0 fully saturated rings. The van der Waals surface area contributed by atoms with E-state index in [1.165, 1.54) is 57.8 Å². The van der Waals surface area contributed by atoms with E-state index in [-0.39, 0.29) is 0 Å². The molecular formula is C27H39NO2. The molecule has 0 bridgehead atoms. The molecule has 0 aliphatic heterocycles. The summed E-state index contributed by atoms with van der Waals surface area (Å²) in [6.45, 7) is 6.30. The lowest BCUT2D eigenvalue weighted by Crippen LogP contribution is -2.18. The summed E-state index contributed by atoms with van der Waals surface area (Å²) in [4.78, 5) is 12.4. The van der Waals surface area contributed by atoms with Gasteiger partial charge in [0.25, 0.3) is 0 Å². The highest BCUT2D eigenvalue weighted by atomic mass is 16.6. The quantitative estimate of drug-likeness (QED) is 0.337. The van der Waals surface area contributed by atoms with Crippen LogP contribution in [0, 0.1) is 13.8 Å². The largest absolute Gasteiger partial charge is 0.417 e. The molecule has 0 unspecified atom stereocenters. The van der Waals surface area contributed by atoms with Crippen LogP contribution in [-0.4, -0.2) is 6.09 Å². The molecule has 164 valence electrons. The Balaban J connectivity index is 1.72. The molecule has 0 aliphatic carbocycles. The first kappa shape index (κ1) is 24.0. The number of hydrogen-bond donors (Lipinski definition) is 1. The van der Waals surface area contributed by atoms with Crippen LogP contribution in [-0.2, 0) is 6.42 Å². The van der Waals surface area contributed by atoms with Crippen LogP contribution >= 0.6 is 0 Å². The van der Waals surface area contributed by atoms with Gasteiger partial charge in [0.2, 0.25) is 0 Å². The summed E-state index contributed by atoms with van der Waals surface area (Å²) in [5.74, 6) is 0.663. The van der Waals surface area contributed by atoms with E-state index >= 15 is 0 Å². The fraction of sp³-hybridized carbons (Fsp3) is 0.519. The predicted molar refractivity (Wildman–Crippen MR) is 128 cm³/mol. The maximum absolute atomic E-state index is 12.4. The highest BCUT2D eigenvalue weighted by Crippen LogP contribution is 2.23. The Hall–Kier alpha value is -2.29. The van der Waals surface area contributed by atoms with Crippen molar-refractivity contribution in [3.63, 3.8) is 0 Å². The van der Waals surface area contributed by atoms with Crippen LogP contribution in [0.3, 0.4) is 0 Å². The van der Waals surface area contributed by atoms with Crippen molar-refractivity contribution in [2.24, 2.45) is 0 Å². The highest BCUT2D eigenvalue weighted by molar-refractivity contribution is 5.87. The van der Waals surface area contributed by atoms with Gasteiger partial charge in [0.15, 0.2) is 0 Å². The van der Waals surface area contributed by atoms with E-state index in [1.54, 1.807) is 0 Å². The van der Waals surface area contributed by atoms with Gasteiger partial charge in [0, 0.05) is 5.69 Å². The van der Waals surface area contributed by atoms with Crippen molar-refractivity contribution >= 4 is 11.8 Å². The van der Waals surface area contributed by atoms with Gasteiger partial charge in [-0.3, -0.25) is 5.32 Å². The van der Waals surface area contributed by atoms with Gasteiger partial charge in [0.05, 0.1) is 0 Å². The van der Waals surface area contributed by atoms with E-state index in [9.17, 15) is 4.79 Å². The van der Waals surface area contributed by atoms with E-state index in [2.05, 4.69) is 18.3 Å². The summed E-state index contributed by atoms with van der Waals surface area (Å²) in [5.41, 5.74) is 4.11. The van der Waals surface area contributed by atoms with Gasteiger partial charge in [-0.25, -0.2) is 4.79 Å².